The number of hydrogen-bond acceptors (Lipinski definition) is 4. The van der Waals surface area contributed by atoms with Gasteiger partial charge in [-0.3, -0.25) is 0 Å². The van der Waals surface area contributed by atoms with Crippen LogP contribution in [0.1, 0.15) is 60.8 Å². The van der Waals surface area contributed by atoms with Crippen LogP contribution in [0.3, 0.4) is 0 Å². The summed E-state index contributed by atoms with van der Waals surface area (Å²) in [5.41, 5.74) is -0.208. The van der Waals surface area contributed by atoms with Gasteiger partial charge < -0.3 is 17.7 Å². The first kappa shape index (κ1) is 27.9. The molecule has 2 rings (SSSR count). The molecule has 0 bridgehead atoms. The predicted molar refractivity (Wildman–Crippen MR) is 143 cm³/mol. The number of rotatable bonds is 9. The van der Waals surface area contributed by atoms with E-state index in [9.17, 15) is 0 Å². The highest BCUT2D eigenvalue weighted by Crippen LogP contribution is 2.64. The topological polar surface area (TPSA) is 36.9 Å². The molecule has 8 heteroatoms. The van der Waals surface area contributed by atoms with E-state index >= 15 is 0 Å². The molecular formula is C23H52O4Si4. The minimum atomic E-state index is -2.43. The molecule has 0 spiro atoms. The Labute approximate surface area is 197 Å². The van der Waals surface area contributed by atoms with Gasteiger partial charge in [-0.1, -0.05) is 40.4 Å². The van der Waals surface area contributed by atoms with E-state index in [4.69, 9.17) is 17.7 Å². The summed E-state index contributed by atoms with van der Waals surface area (Å²) in [5, 5.41) is -0.274. The van der Waals surface area contributed by atoms with Crippen molar-refractivity contribution in [3.05, 3.63) is 0 Å². The van der Waals surface area contributed by atoms with Crippen molar-refractivity contribution in [2.45, 2.75) is 140 Å². The summed E-state index contributed by atoms with van der Waals surface area (Å²) < 4.78 is 27.7. The summed E-state index contributed by atoms with van der Waals surface area (Å²) in [6.07, 6.45) is 3.13. The Balaban J connectivity index is 2.36. The van der Waals surface area contributed by atoms with E-state index in [-0.39, 0.29) is 21.1 Å². The van der Waals surface area contributed by atoms with Gasteiger partial charge >= 0.3 is 8.56 Å². The predicted octanol–water partition coefficient (Wildman–Crippen LogP) is 7.23. The number of hydrogen-bond donors (Lipinski definition) is 0. The minimum absolute atomic E-state index is 0.0470. The maximum Gasteiger partial charge on any atom is 0.346 e. The molecule has 0 aromatic rings. The van der Waals surface area contributed by atoms with Gasteiger partial charge in [-0.25, -0.2) is 0 Å². The first-order valence-electron chi connectivity index (χ1n) is 12.4. The van der Waals surface area contributed by atoms with Crippen molar-refractivity contribution in [3.8, 4) is 0 Å². The van der Waals surface area contributed by atoms with Crippen LogP contribution < -0.4 is 0 Å². The summed E-state index contributed by atoms with van der Waals surface area (Å²) >= 11 is 0. The second kappa shape index (κ2) is 8.14. The second-order valence-electron chi connectivity index (χ2n) is 13.4. The molecule has 2 fully saturated rings. The Bertz CT molecular complexity index is 679. The summed E-state index contributed by atoms with van der Waals surface area (Å²) in [7, 11) is -7.76. The molecule has 184 valence electrons. The van der Waals surface area contributed by atoms with Gasteiger partial charge in [0.2, 0.25) is 8.32 Å². The van der Waals surface area contributed by atoms with Crippen molar-refractivity contribution in [2.75, 3.05) is 6.61 Å². The monoisotopic (exact) mass is 504 g/mol. The van der Waals surface area contributed by atoms with E-state index in [0.29, 0.717) is 0 Å². The highest BCUT2D eigenvalue weighted by molar-refractivity contribution is 6.81. The summed E-state index contributed by atoms with van der Waals surface area (Å²) in [6, 6.07) is 1.15. The van der Waals surface area contributed by atoms with Gasteiger partial charge in [-0.2, -0.15) is 0 Å². The highest BCUT2D eigenvalue weighted by Gasteiger charge is 2.73. The van der Waals surface area contributed by atoms with E-state index in [2.05, 4.69) is 93.9 Å². The molecule has 2 heterocycles. The molecule has 0 aromatic carbocycles. The largest absolute Gasteiger partial charge is 0.412 e. The van der Waals surface area contributed by atoms with Gasteiger partial charge in [-0.05, 0) is 78.8 Å². The van der Waals surface area contributed by atoms with Crippen LogP contribution in [-0.2, 0) is 17.7 Å². The molecule has 0 aromatic heterocycles. The van der Waals surface area contributed by atoms with E-state index < -0.39 is 33.3 Å². The Morgan fingerprint density at radius 2 is 1.52 bits per heavy atom. The molecule has 4 nitrogen and oxygen atoms in total. The van der Waals surface area contributed by atoms with Crippen molar-refractivity contribution in [1.29, 1.82) is 0 Å². The lowest BCUT2D eigenvalue weighted by molar-refractivity contribution is -0.0738. The zero-order chi connectivity index (χ0) is 24.4. The van der Waals surface area contributed by atoms with E-state index in [1.807, 2.05) is 0 Å². The molecule has 2 aliphatic heterocycles. The maximum atomic E-state index is 7.30. The Morgan fingerprint density at radius 3 is 1.87 bits per heavy atom. The summed E-state index contributed by atoms with van der Waals surface area (Å²) in [5.74, 6) is 0. The third-order valence-electron chi connectivity index (χ3n) is 9.34. The Hall–Kier alpha value is 0.708. The fourth-order valence-corrected chi connectivity index (χ4v) is 19.0. The fourth-order valence-electron chi connectivity index (χ4n) is 5.52. The van der Waals surface area contributed by atoms with Crippen molar-refractivity contribution < 1.29 is 17.7 Å². The van der Waals surface area contributed by atoms with Gasteiger partial charge in [-0.15, -0.1) is 0 Å². The molecule has 0 radical (unpaired) electrons. The minimum Gasteiger partial charge on any atom is -0.412 e. The molecule has 0 saturated carbocycles. The molecule has 6 atom stereocenters. The van der Waals surface area contributed by atoms with E-state index in [1.54, 1.807) is 0 Å². The van der Waals surface area contributed by atoms with Crippen molar-refractivity contribution in [1.82, 2.24) is 0 Å². The Kier molecular flexibility index (Phi) is 7.34. The van der Waals surface area contributed by atoms with Crippen LogP contribution in [0.25, 0.3) is 0 Å². The molecular weight excluding hydrogens is 453 g/mol. The SMILES string of the molecule is CCC(C)(O[Si@@]1(C)OCC1(C)C1(C)CC[Si](C)(C(C)(CC)O[Si](C)(C)C)O1)[Si](C)(C)C. The van der Waals surface area contributed by atoms with Gasteiger partial charge in [0, 0.05) is 11.8 Å². The zero-order valence-corrected chi connectivity index (χ0v) is 27.2. The van der Waals surface area contributed by atoms with Crippen LogP contribution in [0, 0.1) is 0 Å². The van der Waals surface area contributed by atoms with Gasteiger partial charge in [0.05, 0.1) is 23.9 Å². The smallest absolute Gasteiger partial charge is 0.346 e. The highest BCUT2D eigenvalue weighted by atomic mass is 28.4. The summed E-state index contributed by atoms with van der Waals surface area (Å²) in [6.45, 7) is 33.6. The average molecular weight is 505 g/mol. The maximum absolute atomic E-state index is 7.30. The molecule has 0 amide bonds. The standard InChI is InChI=1S/C23H52O4Si4/c1-15-22(5,28(7,8)9)27-31(14)21(4,19-24-31)20(3)17-18-30(13,25-20)23(6,16-2)26-29(10,11)12/h15-19H2,1-14H3/t20?,21?,22?,23?,30?,31-/m1/s1. The fraction of sp³-hybridized carbons (Fsp3) is 1.00. The van der Waals surface area contributed by atoms with Crippen LogP contribution >= 0.6 is 0 Å². The molecule has 31 heavy (non-hydrogen) atoms. The van der Waals surface area contributed by atoms with Crippen LogP contribution in [-0.4, -0.2) is 55.9 Å². The second-order valence-corrected chi connectivity index (χ2v) is 31.1. The Morgan fingerprint density at radius 1 is 0.968 bits per heavy atom. The van der Waals surface area contributed by atoms with Crippen LogP contribution in [0.4, 0.5) is 0 Å². The van der Waals surface area contributed by atoms with Crippen LogP contribution in [0.5, 0.6) is 0 Å². The normalized spacial score (nSPS) is 40.8. The third kappa shape index (κ3) is 4.53. The summed E-state index contributed by atoms with van der Waals surface area (Å²) in [4.78, 5) is 0. The lowest BCUT2D eigenvalue weighted by Crippen LogP contribution is -2.74. The molecule has 5 unspecified atom stereocenters. The van der Waals surface area contributed by atoms with Crippen molar-refractivity contribution >= 4 is 33.3 Å². The van der Waals surface area contributed by atoms with E-state index in [1.165, 1.54) is 0 Å². The third-order valence-corrected chi connectivity index (χ3v) is 23.5. The quantitative estimate of drug-likeness (QED) is 0.310. The van der Waals surface area contributed by atoms with Crippen LogP contribution in [0.2, 0.25) is 63.5 Å². The molecule has 2 aliphatic rings. The molecule has 2 saturated heterocycles. The first-order valence-corrected chi connectivity index (χ1v) is 24.2. The molecule has 0 aliphatic carbocycles. The van der Waals surface area contributed by atoms with Gasteiger partial charge in [0.15, 0.2) is 8.32 Å². The van der Waals surface area contributed by atoms with Crippen molar-refractivity contribution in [3.63, 3.8) is 0 Å². The zero-order valence-electron chi connectivity index (χ0n) is 23.2. The van der Waals surface area contributed by atoms with E-state index in [0.717, 1.165) is 31.9 Å². The van der Waals surface area contributed by atoms with Gasteiger partial charge in [0.25, 0.3) is 0 Å². The lowest BCUT2D eigenvalue weighted by atomic mass is 9.87. The first-order chi connectivity index (χ1) is 13.7. The van der Waals surface area contributed by atoms with Gasteiger partial charge in [0.1, 0.15) is 0 Å². The molecule has 0 N–H and O–H groups in total. The van der Waals surface area contributed by atoms with Crippen molar-refractivity contribution in [2.24, 2.45) is 0 Å². The average Bonchev–Trinajstić information content (AvgIpc) is 2.95. The lowest BCUT2D eigenvalue weighted by Gasteiger charge is -2.63. The van der Waals surface area contributed by atoms with Crippen LogP contribution in [0.15, 0.2) is 0 Å².